The number of aliphatic carboxylic acids is 1. The smallest absolute Gasteiger partial charge is 0.317 e. The van der Waals surface area contributed by atoms with Crippen LogP contribution in [0.2, 0.25) is 0 Å². The molecule has 0 unspecified atom stereocenters. The monoisotopic (exact) mass is 310 g/mol. The van der Waals surface area contributed by atoms with Crippen LogP contribution in [0.3, 0.4) is 0 Å². The number of carboxylic acid groups (broad SMARTS) is 1. The Balaban J connectivity index is 1.66. The molecule has 5 nitrogen and oxygen atoms in total. The van der Waals surface area contributed by atoms with E-state index in [0.717, 1.165) is 25.7 Å². The Labute approximate surface area is 129 Å². The van der Waals surface area contributed by atoms with Crippen LogP contribution < -0.4 is 5.32 Å². The molecule has 2 N–H and O–H groups in total. The van der Waals surface area contributed by atoms with E-state index in [2.05, 4.69) is 16.8 Å². The third kappa shape index (κ3) is 5.75. The van der Waals surface area contributed by atoms with Gasteiger partial charge in [0, 0.05) is 25.6 Å². The lowest BCUT2D eigenvalue weighted by atomic mass is 10.2. The number of urea groups is 1. The van der Waals surface area contributed by atoms with E-state index in [-0.39, 0.29) is 12.5 Å². The molecular formula is C15H22N2O3S. The second-order valence-corrected chi connectivity index (χ2v) is 6.21. The van der Waals surface area contributed by atoms with Gasteiger partial charge in [0.1, 0.15) is 0 Å². The summed E-state index contributed by atoms with van der Waals surface area (Å²) in [7, 11) is 0. The molecule has 1 aliphatic carbocycles. The van der Waals surface area contributed by atoms with Crippen LogP contribution in [-0.2, 0) is 11.3 Å². The molecule has 1 aliphatic rings. The second kappa shape index (κ2) is 8.02. The number of unbranched alkanes of at least 4 members (excludes halogenated alkanes) is 2. The van der Waals surface area contributed by atoms with Crippen molar-refractivity contribution in [2.24, 2.45) is 0 Å². The molecule has 0 aromatic carbocycles. The molecular weight excluding hydrogens is 288 g/mol. The molecule has 1 heterocycles. The first-order chi connectivity index (χ1) is 10.2. The number of carbonyl (C=O) groups is 2. The van der Waals surface area contributed by atoms with Crippen molar-refractivity contribution in [3.05, 3.63) is 22.4 Å². The lowest BCUT2D eigenvalue weighted by Crippen LogP contribution is -2.41. The van der Waals surface area contributed by atoms with Gasteiger partial charge in [-0.2, -0.15) is 11.3 Å². The van der Waals surface area contributed by atoms with Crippen molar-refractivity contribution in [3.63, 3.8) is 0 Å². The summed E-state index contributed by atoms with van der Waals surface area (Å²) >= 11 is 1.65. The topological polar surface area (TPSA) is 69.6 Å². The number of hydrogen-bond acceptors (Lipinski definition) is 3. The molecule has 0 atom stereocenters. The van der Waals surface area contributed by atoms with E-state index >= 15 is 0 Å². The van der Waals surface area contributed by atoms with Crippen LogP contribution >= 0.6 is 11.3 Å². The molecule has 2 rings (SSSR count). The zero-order valence-electron chi connectivity index (χ0n) is 12.1. The molecule has 0 bridgehead atoms. The standard InChI is InChI=1S/C15H22N2O3S/c18-14(19)4-2-1-3-8-16-15(20)17(13-5-6-13)10-12-7-9-21-11-12/h7,9,11,13H,1-6,8,10H2,(H,16,20)(H,18,19). The lowest BCUT2D eigenvalue weighted by molar-refractivity contribution is -0.137. The van der Waals surface area contributed by atoms with Crippen molar-refractivity contribution in [3.8, 4) is 0 Å². The largest absolute Gasteiger partial charge is 0.481 e. The van der Waals surface area contributed by atoms with E-state index in [9.17, 15) is 9.59 Å². The minimum atomic E-state index is -0.755. The van der Waals surface area contributed by atoms with Crippen LogP contribution in [0.15, 0.2) is 16.8 Å². The summed E-state index contributed by atoms with van der Waals surface area (Å²) in [6.07, 6.45) is 4.73. The van der Waals surface area contributed by atoms with Crippen LogP contribution in [-0.4, -0.2) is 34.6 Å². The van der Waals surface area contributed by atoms with Crippen molar-refractivity contribution in [2.45, 2.75) is 51.1 Å². The summed E-state index contributed by atoms with van der Waals surface area (Å²) in [5, 5.41) is 15.6. The van der Waals surface area contributed by atoms with E-state index in [1.807, 2.05) is 10.3 Å². The summed E-state index contributed by atoms with van der Waals surface area (Å²) in [5.41, 5.74) is 1.18. The Kier molecular flexibility index (Phi) is 6.04. The van der Waals surface area contributed by atoms with E-state index in [0.29, 0.717) is 25.6 Å². The van der Waals surface area contributed by atoms with E-state index < -0.39 is 5.97 Å². The van der Waals surface area contributed by atoms with Crippen LogP contribution in [0.4, 0.5) is 4.79 Å². The van der Waals surface area contributed by atoms with Crippen LogP contribution in [0.5, 0.6) is 0 Å². The molecule has 1 saturated carbocycles. The third-order valence-corrected chi connectivity index (χ3v) is 4.26. The Morgan fingerprint density at radius 1 is 1.33 bits per heavy atom. The molecule has 1 aromatic heterocycles. The molecule has 0 saturated heterocycles. The number of carbonyl (C=O) groups excluding carboxylic acids is 1. The van der Waals surface area contributed by atoms with E-state index in [1.165, 1.54) is 5.56 Å². The molecule has 6 heteroatoms. The zero-order chi connectivity index (χ0) is 15.1. The number of thiophene rings is 1. The van der Waals surface area contributed by atoms with Gasteiger partial charge in [-0.15, -0.1) is 0 Å². The van der Waals surface area contributed by atoms with Gasteiger partial charge in [-0.3, -0.25) is 4.79 Å². The van der Waals surface area contributed by atoms with Gasteiger partial charge in [0.15, 0.2) is 0 Å². The number of hydrogen-bond donors (Lipinski definition) is 2. The maximum Gasteiger partial charge on any atom is 0.317 e. The minimum absolute atomic E-state index is 0.00179. The van der Waals surface area contributed by atoms with Crippen molar-refractivity contribution in [1.82, 2.24) is 10.2 Å². The fraction of sp³-hybridized carbons (Fsp3) is 0.600. The highest BCUT2D eigenvalue weighted by Gasteiger charge is 2.32. The Morgan fingerprint density at radius 3 is 2.76 bits per heavy atom. The summed E-state index contributed by atoms with van der Waals surface area (Å²) in [5.74, 6) is -0.755. The van der Waals surface area contributed by atoms with Crippen LogP contribution in [0, 0.1) is 0 Å². The first kappa shape index (κ1) is 15.8. The summed E-state index contributed by atoms with van der Waals surface area (Å²) < 4.78 is 0. The number of amides is 2. The number of nitrogens with one attached hydrogen (secondary N) is 1. The molecule has 0 spiro atoms. The molecule has 0 aliphatic heterocycles. The Hall–Kier alpha value is -1.56. The van der Waals surface area contributed by atoms with Crippen molar-refractivity contribution < 1.29 is 14.7 Å². The van der Waals surface area contributed by atoms with Gasteiger partial charge in [0.25, 0.3) is 0 Å². The molecule has 2 amide bonds. The fourth-order valence-corrected chi connectivity index (χ4v) is 2.87. The molecule has 1 fully saturated rings. The molecule has 0 radical (unpaired) electrons. The lowest BCUT2D eigenvalue weighted by Gasteiger charge is -2.22. The van der Waals surface area contributed by atoms with Gasteiger partial charge in [0.2, 0.25) is 0 Å². The molecule has 1 aromatic rings. The average molecular weight is 310 g/mol. The first-order valence-corrected chi connectivity index (χ1v) is 8.38. The SMILES string of the molecule is O=C(O)CCCCCNC(=O)N(Cc1ccsc1)C1CC1. The van der Waals surface area contributed by atoms with Crippen molar-refractivity contribution in [1.29, 1.82) is 0 Å². The zero-order valence-corrected chi connectivity index (χ0v) is 12.9. The number of rotatable bonds is 9. The van der Waals surface area contributed by atoms with Crippen molar-refractivity contribution >= 4 is 23.3 Å². The predicted octanol–water partition coefficient (Wildman–Crippen LogP) is 3.07. The van der Waals surface area contributed by atoms with E-state index in [4.69, 9.17) is 5.11 Å². The van der Waals surface area contributed by atoms with Crippen molar-refractivity contribution in [2.75, 3.05) is 6.54 Å². The van der Waals surface area contributed by atoms with Gasteiger partial charge in [-0.05, 0) is 48.1 Å². The maximum absolute atomic E-state index is 12.2. The fourth-order valence-electron chi connectivity index (χ4n) is 2.21. The number of carboxylic acids is 1. The Bertz CT molecular complexity index is 457. The van der Waals surface area contributed by atoms with Crippen LogP contribution in [0.25, 0.3) is 0 Å². The van der Waals surface area contributed by atoms with Gasteiger partial charge < -0.3 is 15.3 Å². The summed E-state index contributed by atoms with van der Waals surface area (Å²) in [6.45, 7) is 1.30. The van der Waals surface area contributed by atoms with Crippen LogP contribution in [0.1, 0.15) is 44.1 Å². The van der Waals surface area contributed by atoms with Gasteiger partial charge >= 0.3 is 12.0 Å². The third-order valence-electron chi connectivity index (χ3n) is 3.53. The second-order valence-electron chi connectivity index (χ2n) is 5.43. The quantitative estimate of drug-likeness (QED) is 0.689. The number of nitrogens with zero attached hydrogens (tertiary/aromatic N) is 1. The average Bonchev–Trinajstić information content (AvgIpc) is 3.16. The van der Waals surface area contributed by atoms with Gasteiger partial charge in [0.05, 0.1) is 0 Å². The van der Waals surface area contributed by atoms with E-state index in [1.54, 1.807) is 11.3 Å². The highest BCUT2D eigenvalue weighted by Crippen LogP contribution is 2.28. The van der Waals surface area contributed by atoms with Gasteiger partial charge in [-0.1, -0.05) is 6.42 Å². The molecule has 116 valence electrons. The first-order valence-electron chi connectivity index (χ1n) is 7.44. The summed E-state index contributed by atoms with van der Waals surface area (Å²) in [4.78, 5) is 24.5. The minimum Gasteiger partial charge on any atom is -0.481 e. The highest BCUT2D eigenvalue weighted by molar-refractivity contribution is 7.07. The predicted molar refractivity (Wildman–Crippen MR) is 82.4 cm³/mol. The normalized spacial score (nSPS) is 13.9. The molecule has 21 heavy (non-hydrogen) atoms. The maximum atomic E-state index is 12.2. The van der Waals surface area contributed by atoms with Gasteiger partial charge in [-0.25, -0.2) is 4.79 Å². The Morgan fingerprint density at radius 2 is 2.14 bits per heavy atom. The highest BCUT2D eigenvalue weighted by atomic mass is 32.1. The summed E-state index contributed by atoms with van der Waals surface area (Å²) in [6, 6.07) is 2.44.